The molecule has 0 bridgehead atoms. The fraction of sp³-hybridized carbons (Fsp3) is 0.567. The Morgan fingerprint density at radius 2 is 2.05 bits per heavy atom. The Hall–Kier alpha value is -3.09. The summed E-state index contributed by atoms with van der Waals surface area (Å²) in [4.78, 5) is 18.3. The molecule has 4 aliphatic rings. The van der Waals surface area contributed by atoms with Crippen molar-refractivity contribution in [2.45, 2.75) is 76.4 Å². The van der Waals surface area contributed by atoms with E-state index in [0.717, 1.165) is 25.8 Å². The molecule has 43 heavy (non-hydrogen) atoms. The second-order valence-electron chi connectivity index (χ2n) is 12.3. The van der Waals surface area contributed by atoms with Crippen molar-refractivity contribution in [3.8, 4) is 23.1 Å². The molecule has 0 amide bonds. The maximum absolute atomic E-state index is 16.7. The molecular formula is C30H35ClF3N7O2. The molecule has 5 atom stereocenters. The average Bonchev–Trinajstić information content (AvgIpc) is 3.49. The normalized spacial score (nSPS) is 28.5. The first-order valence-corrected chi connectivity index (χ1v) is 15.3. The lowest BCUT2D eigenvalue weighted by Gasteiger charge is -2.42. The van der Waals surface area contributed by atoms with Gasteiger partial charge in [-0.05, 0) is 45.7 Å². The van der Waals surface area contributed by atoms with Crippen molar-refractivity contribution < 1.29 is 22.6 Å². The minimum atomic E-state index is -0.915. The van der Waals surface area contributed by atoms with Gasteiger partial charge in [-0.15, -0.1) is 0 Å². The topological polar surface area (TPSA) is 102 Å². The number of piperazine rings is 1. The van der Waals surface area contributed by atoms with Crippen LogP contribution in [0.4, 0.5) is 24.7 Å². The number of fused-ring (bicyclic) bond motifs is 3. The molecule has 2 aromatic heterocycles. The first-order chi connectivity index (χ1) is 20.6. The molecule has 7 rings (SSSR count). The fourth-order valence-corrected chi connectivity index (χ4v) is 7.51. The molecule has 3 fully saturated rings. The highest BCUT2D eigenvalue weighted by molar-refractivity contribution is 6.34. The largest absolute Gasteiger partial charge is 0.472 e. The van der Waals surface area contributed by atoms with Crippen LogP contribution in [-0.2, 0) is 0 Å². The van der Waals surface area contributed by atoms with Crippen LogP contribution < -0.4 is 25.4 Å². The van der Waals surface area contributed by atoms with Gasteiger partial charge in [-0.1, -0.05) is 18.5 Å². The predicted molar refractivity (Wildman–Crippen MR) is 159 cm³/mol. The predicted octanol–water partition coefficient (Wildman–Crippen LogP) is 4.81. The van der Waals surface area contributed by atoms with Crippen molar-refractivity contribution in [2.24, 2.45) is 0 Å². The van der Waals surface area contributed by atoms with Crippen LogP contribution >= 0.6 is 11.6 Å². The quantitative estimate of drug-likeness (QED) is 0.391. The van der Waals surface area contributed by atoms with Crippen LogP contribution in [0, 0.1) is 18.6 Å². The molecule has 0 saturated carbocycles. The van der Waals surface area contributed by atoms with E-state index in [4.69, 9.17) is 31.8 Å². The summed E-state index contributed by atoms with van der Waals surface area (Å²) >= 11 is 6.53. The lowest BCUT2D eigenvalue weighted by atomic mass is 9.95. The summed E-state index contributed by atoms with van der Waals surface area (Å²) in [6.07, 6.45) is 1.79. The van der Waals surface area contributed by atoms with Gasteiger partial charge in [0.05, 0.1) is 22.3 Å². The summed E-state index contributed by atoms with van der Waals surface area (Å²) in [5, 5.41) is 3.88. The molecule has 13 heteroatoms. The monoisotopic (exact) mass is 617 g/mol. The standard InChI is InChI=1S/C30H35ClF3N7O2/c1-4-17-12-41-20(10-36-17)15(3)43-28-21-26(24(34)25(37-28)18-8-19(35)23(33)14(2)22(18)31)38-29(39-27(21)41)42-13-30-6-5-7-40(30)11-16(32)9-30/h8,15-17,20,36H,4-7,9-13,35H2,1-3H3/t15-,16+,17+,20-,30-/m0/s1. The van der Waals surface area contributed by atoms with E-state index in [1.807, 2.05) is 6.92 Å². The third-order valence-electron chi connectivity index (χ3n) is 9.68. The number of nitrogens with one attached hydrogen (secondary N) is 1. The van der Waals surface area contributed by atoms with Crippen LogP contribution in [0.25, 0.3) is 22.2 Å². The number of alkyl halides is 1. The summed E-state index contributed by atoms with van der Waals surface area (Å²) < 4.78 is 58.3. The maximum Gasteiger partial charge on any atom is 0.319 e. The van der Waals surface area contributed by atoms with Crippen LogP contribution in [0.1, 0.15) is 45.1 Å². The van der Waals surface area contributed by atoms with Gasteiger partial charge in [-0.25, -0.2) is 18.2 Å². The van der Waals surface area contributed by atoms with Gasteiger partial charge in [0.15, 0.2) is 11.6 Å². The molecule has 6 heterocycles. The van der Waals surface area contributed by atoms with Crippen molar-refractivity contribution >= 4 is 34.0 Å². The Morgan fingerprint density at radius 1 is 1.23 bits per heavy atom. The number of hydrogen-bond acceptors (Lipinski definition) is 9. The van der Waals surface area contributed by atoms with Crippen LogP contribution in [0.5, 0.6) is 11.9 Å². The molecule has 1 aromatic carbocycles. The van der Waals surface area contributed by atoms with Crippen molar-refractivity contribution in [3.05, 3.63) is 28.3 Å². The zero-order chi connectivity index (χ0) is 30.2. The summed E-state index contributed by atoms with van der Waals surface area (Å²) in [6, 6.07) is 1.32. The molecule has 0 radical (unpaired) electrons. The zero-order valence-corrected chi connectivity index (χ0v) is 25.1. The number of benzene rings is 1. The van der Waals surface area contributed by atoms with Gasteiger partial charge in [-0.2, -0.15) is 9.97 Å². The van der Waals surface area contributed by atoms with Crippen molar-refractivity contribution in [1.29, 1.82) is 0 Å². The van der Waals surface area contributed by atoms with E-state index in [1.165, 1.54) is 13.0 Å². The molecule has 3 saturated heterocycles. The van der Waals surface area contributed by atoms with Gasteiger partial charge in [0.25, 0.3) is 0 Å². The zero-order valence-electron chi connectivity index (χ0n) is 24.4. The van der Waals surface area contributed by atoms with E-state index in [1.54, 1.807) is 0 Å². The number of hydrogen-bond donors (Lipinski definition) is 2. The lowest BCUT2D eigenvalue weighted by Crippen LogP contribution is -2.60. The molecule has 9 nitrogen and oxygen atoms in total. The number of pyridine rings is 1. The van der Waals surface area contributed by atoms with Gasteiger partial charge in [0.2, 0.25) is 5.88 Å². The minimum absolute atomic E-state index is 0.00573. The second-order valence-corrected chi connectivity index (χ2v) is 12.7. The van der Waals surface area contributed by atoms with E-state index in [9.17, 15) is 8.78 Å². The average molecular weight is 618 g/mol. The molecule has 3 aromatic rings. The molecule has 4 aliphatic heterocycles. The first-order valence-electron chi connectivity index (χ1n) is 14.9. The van der Waals surface area contributed by atoms with E-state index in [2.05, 4.69) is 32.0 Å². The summed E-state index contributed by atoms with van der Waals surface area (Å²) in [5.41, 5.74) is 5.31. The Morgan fingerprint density at radius 3 is 2.84 bits per heavy atom. The van der Waals surface area contributed by atoms with Crippen LogP contribution in [0.15, 0.2) is 6.07 Å². The molecule has 0 unspecified atom stereocenters. The molecule has 230 valence electrons. The number of anilines is 2. The smallest absolute Gasteiger partial charge is 0.319 e. The van der Waals surface area contributed by atoms with Crippen molar-refractivity contribution in [2.75, 3.05) is 43.4 Å². The minimum Gasteiger partial charge on any atom is -0.472 e. The van der Waals surface area contributed by atoms with Crippen molar-refractivity contribution in [1.82, 2.24) is 25.2 Å². The SMILES string of the molecule is CC[C@@H]1CN2c3nc(OC[C@@]45CCCN4C[C@H](F)C5)nc4c(F)c(-c5cc(N)c(F)c(C)c5Cl)nc(c34)O[C@@H](C)[C@@H]2CN1. The van der Waals surface area contributed by atoms with E-state index in [-0.39, 0.29) is 69.7 Å². The maximum atomic E-state index is 16.7. The highest BCUT2D eigenvalue weighted by Crippen LogP contribution is 2.45. The fourth-order valence-electron chi connectivity index (χ4n) is 7.28. The molecular weight excluding hydrogens is 583 g/mol. The van der Waals surface area contributed by atoms with Gasteiger partial charge in [0.1, 0.15) is 41.3 Å². The van der Waals surface area contributed by atoms with Gasteiger partial charge in [-0.3, -0.25) is 4.90 Å². The number of aromatic nitrogens is 3. The Kier molecular flexibility index (Phi) is 7.01. The van der Waals surface area contributed by atoms with E-state index >= 15 is 4.39 Å². The third-order valence-corrected chi connectivity index (χ3v) is 10.2. The van der Waals surface area contributed by atoms with Gasteiger partial charge in [0, 0.05) is 43.2 Å². The molecule has 3 N–H and O–H groups in total. The Balaban J connectivity index is 1.41. The lowest BCUT2D eigenvalue weighted by molar-refractivity contribution is 0.107. The highest BCUT2D eigenvalue weighted by atomic mass is 35.5. The number of ether oxygens (including phenoxy) is 2. The Labute approximate surface area is 252 Å². The third kappa shape index (κ3) is 4.55. The Bertz CT molecular complexity index is 1610. The van der Waals surface area contributed by atoms with E-state index in [0.29, 0.717) is 37.3 Å². The number of nitrogen functional groups attached to an aromatic ring is 1. The first kappa shape index (κ1) is 28.7. The number of nitrogens with two attached hydrogens (primary N) is 1. The summed E-state index contributed by atoms with van der Waals surface area (Å²) in [5.74, 6) is -0.826. The van der Waals surface area contributed by atoms with Gasteiger partial charge >= 0.3 is 6.01 Å². The van der Waals surface area contributed by atoms with Crippen LogP contribution in [-0.4, -0.2) is 82.5 Å². The highest BCUT2D eigenvalue weighted by Gasteiger charge is 2.49. The second kappa shape index (κ2) is 10.5. The van der Waals surface area contributed by atoms with Crippen LogP contribution in [0.3, 0.4) is 0 Å². The number of halogens is 4. The summed E-state index contributed by atoms with van der Waals surface area (Å²) in [7, 11) is 0. The van der Waals surface area contributed by atoms with E-state index < -0.39 is 23.3 Å². The van der Waals surface area contributed by atoms with Gasteiger partial charge < -0.3 is 25.4 Å². The number of nitrogens with zero attached hydrogens (tertiary/aromatic N) is 5. The summed E-state index contributed by atoms with van der Waals surface area (Å²) in [6.45, 7) is 8.15. The van der Waals surface area contributed by atoms with Crippen molar-refractivity contribution in [3.63, 3.8) is 0 Å². The number of rotatable bonds is 5. The molecule has 0 aliphatic carbocycles. The molecule has 0 spiro atoms. The van der Waals surface area contributed by atoms with Crippen LogP contribution in [0.2, 0.25) is 5.02 Å².